The van der Waals surface area contributed by atoms with Crippen molar-refractivity contribution in [1.29, 1.82) is 0 Å². The number of carbonyl (C=O) groups is 1. The van der Waals surface area contributed by atoms with E-state index in [0.29, 0.717) is 17.7 Å². The van der Waals surface area contributed by atoms with Gasteiger partial charge in [-0.05, 0) is 24.5 Å². The maximum atomic E-state index is 12.3. The zero-order valence-corrected chi connectivity index (χ0v) is 13.5. The number of aryl methyl sites for hydroxylation is 1. The molecule has 1 rings (SSSR count). The molecule has 0 aliphatic heterocycles. The van der Waals surface area contributed by atoms with Gasteiger partial charge in [-0.1, -0.05) is 39.8 Å². The molecule has 0 saturated carbocycles. The largest absolute Gasteiger partial charge is 0.294 e. The lowest BCUT2D eigenvalue weighted by Crippen LogP contribution is -2.28. The molecule has 5 heteroatoms. The van der Waals surface area contributed by atoms with E-state index in [-0.39, 0.29) is 22.5 Å². The van der Waals surface area contributed by atoms with Crippen LogP contribution < -0.4 is 4.72 Å². The van der Waals surface area contributed by atoms with Crippen molar-refractivity contribution in [2.45, 2.75) is 39.5 Å². The summed E-state index contributed by atoms with van der Waals surface area (Å²) in [6, 6.07) is 4.83. The van der Waals surface area contributed by atoms with E-state index >= 15 is 0 Å². The first-order chi connectivity index (χ1) is 9.15. The molecule has 112 valence electrons. The quantitative estimate of drug-likeness (QED) is 0.821. The van der Waals surface area contributed by atoms with Crippen LogP contribution in [0.25, 0.3) is 0 Å². The first-order valence-corrected chi connectivity index (χ1v) is 8.28. The summed E-state index contributed by atoms with van der Waals surface area (Å²) in [5.41, 5.74) is 1.08. The van der Waals surface area contributed by atoms with Crippen molar-refractivity contribution >= 4 is 15.8 Å². The van der Waals surface area contributed by atoms with Crippen molar-refractivity contribution in [3.63, 3.8) is 0 Å². The van der Waals surface area contributed by atoms with Crippen LogP contribution in [-0.2, 0) is 10.0 Å². The van der Waals surface area contributed by atoms with Gasteiger partial charge in [-0.2, -0.15) is 0 Å². The fraction of sp³-hybridized carbons (Fsp3) is 0.533. The van der Waals surface area contributed by atoms with E-state index in [1.165, 1.54) is 6.07 Å². The number of Topliss-reactive ketones (excluding diaryl/α,β-unsaturated/α-hetero) is 1. The molecule has 0 bridgehead atoms. The lowest BCUT2D eigenvalue weighted by Gasteiger charge is -2.13. The third-order valence-corrected chi connectivity index (χ3v) is 4.53. The second kappa shape index (κ2) is 6.50. The van der Waals surface area contributed by atoms with Gasteiger partial charge in [0.2, 0.25) is 10.0 Å². The molecular formula is C15H23NO3S. The molecular weight excluding hydrogens is 274 g/mol. The Labute approximate surface area is 121 Å². The number of benzene rings is 1. The number of rotatable bonds is 6. The van der Waals surface area contributed by atoms with Crippen molar-refractivity contribution in [3.05, 3.63) is 29.3 Å². The van der Waals surface area contributed by atoms with Gasteiger partial charge in [0.1, 0.15) is 0 Å². The fourth-order valence-electron chi connectivity index (χ4n) is 1.73. The second-order valence-electron chi connectivity index (χ2n) is 5.74. The van der Waals surface area contributed by atoms with Gasteiger partial charge in [0.15, 0.2) is 5.78 Å². The van der Waals surface area contributed by atoms with Crippen molar-refractivity contribution < 1.29 is 13.2 Å². The van der Waals surface area contributed by atoms with Crippen molar-refractivity contribution in [1.82, 2.24) is 4.72 Å². The third kappa shape index (κ3) is 4.15. The molecule has 0 aliphatic carbocycles. The van der Waals surface area contributed by atoms with E-state index in [2.05, 4.69) is 4.72 Å². The number of nitrogens with one attached hydrogen (secondary N) is 1. The molecule has 4 nitrogen and oxygen atoms in total. The highest BCUT2D eigenvalue weighted by atomic mass is 32.2. The van der Waals surface area contributed by atoms with E-state index in [1.54, 1.807) is 32.9 Å². The van der Waals surface area contributed by atoms with Crippen LogP contribution in [0.5, 0.6) is 0 Å². The lowest BCUT2D eigenvalue weighted by molar-refractivity contribution is 0.0939. The monoisotopic (exact) mass is 297 g/mol. The van der Waals surface area contributed by atoms with E-state index in [0.717, 1.165) is 0 Å². The predicted octanol–water partition coefficient (Wildman–Crippen LogP) is 2.77. The first kappa shape index (κ1) is 16.9. The maximum Gasteiger partial charge on any atom is 0.240 e. The molecule has 0 spiro atoms. The summed E-state index contributed by atoms with van der Waals surface area (Å²) in [7, 11) is -3.57. The van der Waals surface area contributed by atoms with Crippen LogP contribution in [0.2, 0.25) is 0 Å². The topological polar surface area (TPSA) is 63.2 Å². The molecule has 0 aliphatic rings. The minimum absolute atomic E-state index is 0.0506. The van der Waals surface area contributed by atoms with Crippen LogP contribution in [0.4, 0.5) is 0 Å². The summed E-state index contributed by atoms with van der Waals surface area (Å²) in [5, 5.41) is 0. The Bertz CT molecular complexity index is 589. The van der Waals surface area contributed by atoms with Crippen LogP contribution in [-0.4, -0.2) is 20.7 Å². The van der Waals surface area contributed by atoms with Crippen molar-refractivity contribution in [2.24, 2.45) is 11.8 Å². The highest BCUT2D eigenvalue weighted by molar-refractivity contribution is 7.89. The Morgan fingerprint density at radius 2 is 1.80 bits per heavy atom. The average molecular weight is 297 g/mol. The molecule has 0 radical (unpaired) electrons. The highest BCUT2D eigenvalue weighted by Gasteiger charge is 2.20. The summed E-state index contributed by atoms with van der Waals surface area (Å²) in [5.74, 6) is 0.0211. The minimum atomic E-state index is -3.57. The van der Waals surface area contributed by atoms with E-state index in [4.69, 9.17) is 0 Å². The van der Waals surface area contributed by atoms with Gasteiger partial charge in [-0.15, -0.1) is 0 Å². The lowest BCUT2D eigenvalue weighted by atomic mass is 10.0. The van der Waals surface area contributed by atoms with Crippen LogP contribution in [0.3, 0.4) is 0 Å². The van der Waals surface area contributed by atoms with Gasteiger partial charge in [-0.3, -0.25) is 4.79 Å². The zero-order chi connectivity index (χ0) is 15.5. The Morgan fingerprint density at radius 3 is 2.30 bits per heavy atom. The van der Waals surface area contributed by atoms with Crippen LogP contribution in [0, 0.1) is 18.8 Å². The Hall–Kier alpha value is -1.20. The molecule has 1 aromatic rings. The zero-order valence-electron chi connectivity index (χ0n) is 12.7. The normalized spacial score (nSPS) is 12.2. The van der Waals surface area contributed by atoms with Gasteiger partial charge in [0.05, 0.1) is 4.90 Å². The smallest absolute Gasteiger partial charge is 0.240 e. The van der Waals surface area contributed by atoms with Gasteiger partial charge in [0, 0.05) is 18.0 Å². The molecule has 0 saturated heterocycles. The Balaban J connectivity index is 3.17. The SMILES string of the molecule is Cc1ccc(C(=O)C(C)C)cc1S(=O)(=O)NCC(C)C. The Kier molecular flexibility index (Phi) is 5.48. The minimum Gasteiger partial charge on any atom is -0.294 e. The Morgan fingerprint density at radius 1 is 1.20 bits per heavy atom. The molecule has 20 heavy (non-hydrogen) atoms. The van der Waals surface area contributed by atoms with Gasteiger partial charge >= 0.3 is 0 Å². The van der Waals surface area contributed by atoms with Gasteiger partial charge < -0.3 is 0 Å². The van der Waals surface area contributed by atoms with Gasteiger partial charge in [-0.25, -0.2) is 13.1 Å². The first-order valence-electron chi connectivity index (χ1n) is 6.79. The van der Waals surface area contributed by atoms with Crippen LogP contribution in [0.15, 0.2) is 23.1 Å². The van der Waals surface area contributed by atoms with Crippen molar-refractivity contribution in [2.75, 3.05) is 6.54 Å². The highest BCUT2D eigenvalue weighted by Crippen LogP contribution is 2.19. The van der Waals surface area contributed by atoms with Gasteiger partial charge in [0.25, 0.3) is 0 Å². The van der Waals surface area contributed by atoms with E-state index in [9.17, 15) is 13.2 Å². The molecule has 1 N–H and O–H groups in total. The van der Waals surface area contributed by atoms with Crippen LogP contribution in [0.1, 0.15) is 43.6 Å². The van der Waals surface area contributed by atoms with E-state index in [1.807, 2.05) is 13.8 Å². The van der Waals surface area contributed by atoms with E-state index < -0.39 is 10.0 Å². The molecule has 0 atom stereocenters. The summed E-state index contributed by atoms with van der Waals surface area (Å²) in [4.78, 5) is 12.2. The summed E-state index contributed by atoms with van der Waals surface area (Å²) in [6.07, 6.45) is 0. The molecule has 1 aromatic carbocycles. The summed E-state index contributed by atoms with van der Waals surface area (Å²) in [6.45, 7) is 9.58. The predicted molar refractivity (Wildman–Crippen MR) is 80.4 cm³/mol. The molecule has 0 amide bonds. The average Bonchev–Trinajstić information content (AvgIpc) is 2.36. The molecule has 0 unspecified atom stereocenters. The number of ketones is 1. The summed E-state index contributed by atoms with van der Waals surface area (Å²) < 4.78 is 27.1. The second-order valence-corrected chi connectivity index (χ2v) is 7.48. The molecule has 0 heterocycles. The standard InChI is InChI=1S/C15H23NO3S/c1-10(2)9-16-20(18,19)14-8-13(7-6-12(14)5)15(17)11(3)4/h6-8,10-11,16H,9H2,1-5H3. The van der Waals surface area contributed by atoms with Crippen LogP contribution >= 0.6 is 0 Å². The number of sulfonamides is 1. The number of carbonyl (C=O) groups excluding carboxylic acids is 1. The number of hydrogen-bond acceptors (Lipinski definition) is 3. The maximum absolute atomic E-state index is 12.3. The summed E-state index contributed by atoms with van der Waals surface area (Å²) >= 11 is 0. The molecule has 0 aromatic heterocycles. The molecule has 0 fully saturated rings. The number of hydrogen-bond donors (Lipinski definition) is 1. The fourth-order valence-corrected chi connectivity index (χ4v) is 3.21. The van der Waals surface area contributed by atoms with Crippen molar-refractivity contribution in [3.8, 4) is 0 Å². The third-order valence-electron chi connectivity index (χ3n) is 2.97.